The molecule has 2 aliphatic rings. The van der Waals surface area contributed by atoms with E-state index in [2.05, 4.69) is 0 Å². The zero-order valence-electron chi connectivity index (χ0n) is 15.0. The summed E-state index contributed by atoms with van der Waals surface area (Å²) in [5.74, 6) is -0.881. The average molecular weight is 371 g/mol. The average Bonchev–Trinajstić information content (AvgIpc) is 3.00. The molecule has 0 saturated carbocycles. The molecule has 8 heteroatoms. The van der Waals surface area contributed by atoms with E-state index in [1.165, 1.54) is 12.1 Å². The van der Waals surface area contributed by atoms with Gasteiger partial charge < -0.3 is 19.9 Å². The van der Waals surface area contributed by atoms with Crippen LogP contribution in [0.2, 0.25) is 0 Å². The topological polar surface area (TPSA) is 64.8 Å². The van der Waals surface area contributed by atoms with E-state index in [1.54, 1.807) is 11.0 Å². The fourth-order valence-corrected chi connectivity index (χ4v) is 2.97. The molecule has 0 spiro atoms. The Labute approximate surface area is 154 Å². The number of hydrogen-bond donors (Lipinski definition) is 1. The molecule has 25 heavy (non-hydrogen) atoms. The molecule has 1 atom stereocenters. The standard InChI is InChI=1S/C17H24BFN2O3.ClH/c1-16(2)17(3,4)24-18(23-16)11-5-6-13(14(19)9-11)15(22)21-8-7-12(20)10-21;/h5-6,9,12H,7-8,10,20H2,1-4H3;1H/t12-;/m1./s1. The Balaban J connectivity index is 0.00000225. The number of rotatable bonds is 2. The lowest BCUT2D eigenvalue weighted by molar-refractivity contribution is 0.00578. The number of halogens is 2. The van der Waals surface area contributed by atoms with E-state index >= 15 is 0 Å². The Hall–Kier alpha value is -1.15. The summed E-state index contributed by atoms with van der Waals surface area (Å²) in [6.07, 6.45) is 0.749. The van der Waals surface area contributed by atoms with Crippen molar-refractivity contribution >= 4 is 30.9 Å². The maximum atomic E-state index is 14.5. The van der Waals surface area contributed by atoms with Crippen LogP contribution in [-0.4, -0.2) is 48.3 Å². The molecule has 1 aromatic carbocycles. The number of likely N-dealkylation sites (tertiary alicyclic amines) is 1. The molecule has 2 saturated heterocycles. The van der Waals surface area contributed by atoms with E-state index in [-0.39, 0.29) is 29.9 Å². The first kappa shape index (κ1) is 20.2. The second kappa shape index (κ2) is 6.87. The molecule has 3 rings (SSSR count). The molecule has 0 aromatic heterocycles. The van der Waals surface area contributed by atoms with Crippen molar-refractivity contribution in [3.8, 4) is 0 Å². The second-order valence-corrected chi connectivity index (χ2v) is 7.63. The summed E-state index contributed by atoms with van der Waals surface area (Å²) >= 11 is 0. The van der Waals surface area contributed by atoms with Gasteiger partial charge in [0.25, 0.3) is 5.91 Å². The highest BCUT2D eigenvalue weighted by atomic mass is 35.5. The molecular weight excluding hydrogens is 345 g/mol. The Bertz CT molecular complexity index is 655. The summed E-state index contributed by atoms with van der Waals surface area (Å²) in [5.41, 5.74) is 5.46. The minimum atomic E-state index is -0.645. The highest BCUT2D eigenvalue weighted by molar-refractivity contribution is 6.62. The van der Waals surface area contributed by atoms with Gasteiger partial charge >= 0.3 is 7.12 Å². The lowest BCUT2D eigenvalue weighted by Crippen LogP contribution is -2.41. The zero-order valence-corrected chi connectivity index (χ0v) is 15.9. The maximum absolute atomic E-state index is 14.5. The van der Waals surface area contributed by atoms with Gasteiger partial charge in [-0.05, 0) is 51.7 Å². The fraction of sp³-hybridized carbons (Fsp3) is 0.588. The monoisotopic (exact) mass is 370 g/mol. The van der Waals surface area contributed by atoms with Crippen LogP contribution in [0.25, 0.3) is 0 Å². The van der Waals surface area contributed by atoms with Gasteiger partial charge in [-0.25, -0.2) is 4.39 Å². The van der Waals surface area contributed by atoms with E-state index in [9.17, 15) is 9.18 Å². The summed E-state index contributed by atoms with van der Waals surface area (Å²) in [6, 6.07) is 4.49. The smallest absolute Gasteiger partial charge is 0.399 e. The van der Waals surface area contributed by atoms with Crippen molar-refractivity contribution in [1.29, 1.82) is 0 Å². The molecule has 2 heterocycles. The minimum Gasteiger partial charge on any atom is -0.399 e. The minimum absolute atomic E-state index is 0. The van der Waals surface area contributed by atoms with Crippen molar-refractivity contribution in [2.24, 2.45) is 5.73 Å². The number of benzene rings is 1. The number of carbonyl (C=O) groups is 1. The van der Waals surface area contributed by atoms with Gasteiger partial charge in [0.15, 0.2) is 0 Å². The van der Waals surface area contributed by atoms with Crippen LogP contribution < -0.4 is 11.2 Å². The molecule has 5 nitrogen and oxygen atoms in total. The van der Waals surface area contributed by atoms with Gasteiger partial charge in [0.05, 0.1) is 16.8 Å². The highest BCUT2D eigenvalue weighted by Gasteiger charge is 2.51. The number of amides is 1. The van der Waals surface area contributed by atoms with Crippen molar-refractivity contribution < 1.29 is 18.5 Å². The molecule has 0 bridgehead atoms. The predicted molar refractivity (Wildman–Crippen MR) is 97.9 cm³/mol. The van der Waals surface area contributed by atoms with E-state index in [4.69, 9.17) is 15.0 Å². The molecule has 1 aromatic rings. The van der Waals surface area contributed by atoms with E-state index in [0.717, 1.165) is 6.42 Å². The normalized spacial score (nSPS) is 24.3. The molecule has 0 unspecified atom stereocenters. The van der Waals surface area contributed by atoms with E-state index in [0.29, 0.717) is 18.6 Å². The second-order valence-electron chi connectivity index (χ2n) is 7.63. The summed E-state index contributed by atoms with van der Waals surface area (Å²) in [4.78, 5) is 14.0. The molecular formula is C17H25BClFN2O3. The third-order valence-corrected chi connectivity index (χ3v) is 5.26. The van der Waals surface area contributed by atoms with Crippen LogP contribution in [0.4, 0.5) is 4.39 Å². The molecule has 1 amide bonds. The van der Waals surface area contributed by atoms with Gasteiger partial charge in [0.1, 0.15) is 5.82 Å². The molecule has 0 radical (unpaired) electrons. The van der Waals surface area contributed by atoms with Crippen LogP contribution in [0.1, 0.15) is 44.5 Å². The van der Waals surface area contributed by atoms with Crippen LogP contribution >= 0.6 is 12.4 Å². The van der Waals surface area contributed by atoms with Crippen LogP contribution in [0.15, 0.2) is 18.2 Å². The third kappa shape index (κ3) is 3.70. The first-order valence-corrected chi connectivity index (χ1v) is 8.31. The predicted octanol–water partition coefficient (Wildman–Crippen LogP) is 1.72. The van der Waals surface area contributed by atoms with Crippen LogP contribution in [0, 0.1) is 5.82 Å². The third-order valence-electron chi connectivity index (χ3n) is 5.26. The first-order valence-electron chi connectivity index (χ1n) is 8.31. The Morgan fingerprint density at radius 3 is 2.36 bits per heavy atom. The van der Waals surface area contributed by atoms with Crippen LogP contribution in [-0.2, 0) is 9.31 Å². The van der Waals surface area contributed by atoms with Gasteiger partial charge in [0, 0.05) is 19.1 Å². The molecule has 2 aliphatic heterocycles. The largest absolute Gasteiger partial charge is 0.494 e. The highest BCUT2D eigenvalue weighted by Crippen LogP contribution is 2.36. The van der Waals surface area contributed by atoms with Crippen molar-refractivity contribution in [2.45, 2.75) is 51.4 Å². The summed E-state index contributed by atoms with van der Waals surface area (Å²) in [5, 5.41) is 0. The molecule has 138 valence electrons. The van der Waals surface area contributed by atoms with Gasteiger partial charge in [-0.1, -0.05) is 6.07 Å². The van der Waals surface area contributed by atoms with Crippen molar-refractivity contribution in [1.82, 2.24) is 4.90 Å². The summed E-state index contributed by atoms with van der Waals surface area (Å²) < 4.78 is 26.3. The van der Waals surface area contributed by atoms with Gasteiger partial charge in [-0.15, -0.1) is 12.4 Å². The Kier molecular flexibility index (Phi) is 5.54. The van der Waals surface area contributed by atoms with E-state index < -0.39 is 24.1 Å². The Morgan fingerprint density at radius 2 is 1.88 bits per heavy atom. The quantitative estimate of drug-likeness (QED) is 0.805. The Morgan fingerprint density at radius 1 is 1.28 bits per heavy atom. The number of hydrogen-bond acceptors (Lipinski definition) is 4. The van der Waals surface area contributed by atoms with Crippen LogP contribution in [0.5, 0.6) is 0 Å². The van der Waals surface area contributed by atoms with Crippen molar-refractivity contribution in [3.05, 3.63) is 29.6 Å². The number of nitrogens with two attached hydrogens (primary N) is 1. The summed E-state index contributed by atoms with van der Waals surface area (Å²) in [6.45, 7) is 8.81. The van der Waals surface area contributed by atoms with E-state index in [1.807, 2.05) is 27.7 Å². The summed E-state index contributed by atoms with van der Waals surface area (Å²) in [7, 11) is -0.645. The van der Waals surface area contributed by atoms with Gasteiger partial charge in [-0.3, -0.25) is 4.79 Å². The molecule has 2 fully saturated rings. The lowest BCUT2D eigenvalue weighted by atomic mass is 9.78. The molecule has 0 aliphatic carbocycles. The fourth-order valence-electron chi connectivity index (χ4n) is 2.97. The zero-order chi connectivity index (χ0) is 17.7. The van der Waals surface area contributed by atoms with Gasteiger partial charge in [0.2, 0.25) is 0 Å². The first-order chi connectivity index (χ1) is 11.1. The lowest BCUT2D eigenvalue weighted by Gasteiger charge is -2.32. The number of carbonyl (C=O) groups excluding carboxylic acids is 1. The molecule has 2 N–H and O–H groups in total. The van der Waals surface area contributed by atoms with Crippen LogP contribution in [0.3, 0.4) is 0 Å². The maximum Gasteiger partial charge on any atom is 0.494 e. The van der Waals surface area contributed by atoms with Gasteiger partial charge in [-0.2, -0.15) is 0 Å². The SMILES string of the molecule is CC1(C)OB(c2ccc(C(=O)N3CC[C@@H](N)C3)c(F)c2)OC1(C)C.Cl. The van der Waals surface area contributed by atoms with Crippen molar-refractivity contribution in [3.63, 3.8) is 0 Å². The van der Waals surface area contributed by atoms with Crippen molar-refractivity contribution in [2.75, 3.05) is 13.1 Å². The number of nitrogens with zero attached hydrogens (tertiary/aromatic N) is 1.